The van der Waals surface area contributed by atoms with Gasteiger partial charge in [-0.25, -0.2) is 15.0 Å². The molecular formula is C12H10N4. The van der Waals surface area contributed by atoms with Gasteiger partial charge in [0.2, 0.25) is 0 Å². The zero-order valence-electron chi connectivity index (χ0n) is 8.83. The third-order valence-electron chi connectivity index (χ3n) is 2.52. The van der Waals surface area contributed by atoms with Crippen LogP contribution in [-0.4, -0.2) is 19.5 Å². The summed E-state index contributed by atoms with van der Waals surface area (Å²) in [5.41, 5.74) is 2.15. The first kappa shape index (κ1) is 9.03. The topological polar surface area (TPSA) is 43.6 Å². The van der Waals surface area contributed by atoms with Gasteiger partial charge in [-0.05, 0) is 19.1 Å². The molecule has 0 saturated heterocycles. The Kier molecular flexibility index (Phi) is 1.93. The molecule has 16 heavy (non-hydrogen) atoms. The molecule has 1 aromatic carbocycles. The minimum absolute atomic E-state index is 0.867. The van der Waals surface area contributed by atoms with E-state index in [9.17, 15) is 0 Å². The molecule has 0 fully saturated rings. The number of aromatic nitrogens is 4. The first-order valence-electron chi connectivity index (χ1n) is 5.04. The van der Waals surface area contributed by atoms with Crippen LogP contribution in [0.4, 0.5) is 0 Å². The molecule has 0 bridgehead atoms. The smallest absolute Gasteiger partial charge is 0.149 e. The SMILES string of the molecule is Cc1ccc2ncnc(-n3ccnc3)c2c1. The third kappa shape index (κ3) is 1.35. The number of hydrogen-bond donors (Lipinski definition) is 0. The summed E-state index contributed by atoms with van der Waals surface area (Å²) in [6.45, 7) is 2.06. The summed E-state index contributed by atoms with van der Waals surface area (Å²) in [7, 11) is 0. The molecule has 0 saturated carbocycles. The van der Waals surface area contributed by atoms with Gasteiger partial charge < -0.3 is 0 Å². The Bertz CT molecular complexity index is 629. The van der Waals surface area contributed by atoms with Crippen molar-refractivity contribution in [2.24, 2.45) is 0 Å². The van der Waals surface area contributed by atoms with E-state index in [0.717, 1.165) is 16.7 Å². The standard InChI is InChI=1S/C12H10N4/c1-9-2-3-11-10(6-9)12(15-7-14-11)16-5-4-13-8-16/h2-8H,1H3. The van der Waals surface area contributed by atoms with Crippen LogP contribution in [0.3, 0.4) is 0 Å². The molecule has 0 amide bonds. The van der Waals surface area contributed by atoms with E-state index in [1.807, 2.05) is 22.9 Å². The maximum absolute atomic E-state index is 4.30. The van der Waals surface area contributed by atoms with Crippen molar-refractivity contribution in [2.75, 3.05) is 0 Å². The molecule has 78 valence electrons. The summed E-state index contributed by atoms with van der Waals surface area (Å²) in [6.07, 6.45) is 6.94. The van der Waals surface area contributed by atoms with Crippen LogP contribution in [-0.2, 0) is 0 Å². The second kappa shape index (κ2) is 3.41. The van der Waals surface area contributed by atoms with Crippen molar-refractivity contribution in [3.8, 4) is 5.82 Å². The van der Waals surface area contributed by atoms with Crippen LogP contribution in [0, 0.1) is 6.92 Å². The molecule has 3 aromatic rings. The van der Waals surface area contributed by atoms with Gasteiger partial charge in [0.05, 0.1) is 5.52 Å². The van der Waals surface area contributed by atoms with E-state index < -0.39 is 0 Å². The summed E-state index contributed by atoms with van der Waals surface area (Å²) in [5, 5.41) is 1.04. The van der Waals surface area contributed by atoms with E-state index in [4.69, 9.17) is 0 Å². The van der Waals surface area contributed by atoms with Gasteiger partial charge in [0.1, 0.15) is 18.5 Å². The van der Waals surface area contributed by atoms with E-state index in [1.165, 1.54) is 5.56 Å². The summed E-state index contributed by atoms with van der Waals surface area (Å²) >= 11 is 0. The lowest BCUT2D eigenvalue weighted by Crippen LogP contribution is -1.97. The van der Waals surface area contributed by atoms with Crippen LogP contribution < -0.4 is 0 Å². The molecule has 0 spiro atoms. The van der Waals surface area contributed by atoms with Crippen LogP contribution in [0.1, 0.15) is 5.56 Å². The first-order valence-corrected chi connectivity index (χ1v) is 5.04. The second-order valence-electron chi connectivity index (χ2n) is 3.69. The number of aryl methyl sites for hydroxylation is 1. The van der Waals surface area contributed by atoms with Crippen LogP contribution in [0.15, 0.2) is 43.2 Å². The lowest BCUT2D eigenvalue weighted by Gasteiger charge is -2.05. The van der Waals surface area contributed by atoms with Gasteiger partial charge in [0.25, 0.3) is 0 Å². The Hall–Kier alpha value is -2.23. The summed E-state index contributed by atoms with van der Waals surface area (Å²) in [6, 6.07) is 6.14. The van der Waals surface area contributed by atoms with Crippen molar-refractivity contribution in [1.82, 2.24) is 19.5 Å². The molecule has 0 N–H and O–H groups in total. The molecule has 4 heteroatoms. The second-order valence-corrected chi connectivity index (χ2v) is 3.69. The number of imidazole rings is 1. The Morgan fingerprint density at radius 3 is 2.94 bits per heavy atom. The average molecular weight is 210 g/mol. The molecule has 2 aromatic heterocycles. The molecule has 0 aliphatic rings. The predicted octanol–water partition coefficient (Wildman–Crippen LogP) is 2.12. The highest BCUT2D eigenvalue weighted by Crippen LogP contribution is 2.19. The molecular weight excluding hydrogens is 200 g/mol. The summed E-state index contributed by atoms with van der Waals surface area (Å²) in [4.78, 5) is 12.6. The molecule has 0 atom stereocenters. The molecule has 4 nitrogen and oxygen atoms in total. The van der Waals surface area contributed by atoms with E-state index in [0.29, 0.717) is 0 Å². The van der Waals surface area contributed by atoms with Gasteiger partial charge in [-0.15, -0.1) is 0 Å². The lowest BCUT2D eigenvalue weighted by molar-refractivity contribution is 0.992. The highest BCUT2D eigenvalue weighted by Gasteiger charge is 2.04. The Labute approximate surface area is 92.6 Å². The Morgan fingerprint density at radius 1 is 1.19 bits per heavy atom. The average Bonchev–Trinajstić information content (AvgIpc) is 2.81. The van der Waals surface area contributed by atoms with Crippen molar-refractivity contribution in [3.05, 3.63) is 48.8 Å². The Balaban J connectivity index is 2.36. The fourth-order valence-electron chi connectivity index (χ4n) is 1.75. The van der Waals surface area contributed by atoms with Gasteiger partial charge in [-0.2, -0.15) is 0 Å². The predicted molar refractivity (Wildman–Crippen MR) is 61.4 cm³/mol. The van der Waals surface area contributed by atoms with Crippen molar-refractivity contribution in [1.29, 1.82) is 0 Å². The van der Waals surface area contributed by atoms with Gasteiger partial charge in [-0.3, -0.25) is 4.57 Å². The van der Waals surface area contributed by atoms with E-state index >= 15 is 0 Å². The third-order valence-corrected chi connectivity index (χ3v) is 2.52. The van der Waals surface area contributed by atoms with Crippen LogP contribution >= 0.6 is 0 Å². The largest absolute Gasteiger partial charge is 0.290 e. The number of fused-ring (bicyclic) bond motifs is 1. The van der Waals surface area contributed by atoms with Crippen LogP contribution in [0.2, 0.25) is 0 Å². The first-order chi connectivity index (χ1) is 7.84. The van der Waals surface area contributed by atoms with Crippen molar-refractivity contribution >= 4 is 10.9 Å². The van der Waals surface area contributed by atoms with Crippen molar-refractivity contribution in [3.63, 3.8) is 0 Å². The summed E-state index contributed by atoms with van der Waals surface area (Å²) < 4.78 is 1.89. The van der Waals surface area contributed by atoms with Gasteiger partial charge >= 0.3 is 0 Å². The maximum Gasteiger partial charge on any atom is 0.149 e. The molecule has 0 aliphatic heterocycles. The maximum atomic E-state index is 4.30. The molecule has 3 rings (SSSR count). The summed E-state index contributed by atoms with van der Waals surface area (Å²) in [5.74, 6) is 0.867. The van der Waals surface area contributed by atoms with Gasteiger partial charge in [-0.1, -0.05) is 11.6 Å². The fraction of sp³-hybridized carbons (Fsp3) is 0.0833. The number of rotatable bonds is 1. The zero-order valence-corrected chi connectivity index (χ0v) is 8.83. The molecule has 0 unspecified atom stereocenters. The fourth-order valence-corrected chi connectivity index (χ4v) is 1.75. The highest BCUT2D eigenvalue weighted by molar-refractivity contribution is 5.85. The normalized spacial score (nSPS) is 10.8. The minimum Gasteiger partial charge on any atom is -0.290 e. The number of benzene rings is 1. The van der Waals surface area contributed by atoms with Crippen LogP contribution in [0.5, 0.6) is 0 Å². The van der Waals surface area contributed by atoms with Crippen molar-refractivity contribution in [2.45, 2.75) is 6.92 Å². The number of nitrogens with zero attached hydrogens (tertiary/aromatic N) is 4. The van der Waals surface area contributed by atoms with E-state index in [-0.39, 0.29) is 0 Å². The van der Waals surface area contributed by atoms with Crippen molar-refractivity contribution < 1.29 is 0 Å². The monoisotopic (exact) mass is 210 g/mol. The van der Waals surface area contributed by atoms with Crippen LogP contribution in [0.25, 0.3) is 16.7 Å². The Morgan fingerprint density at radius 2 is 2.12 bits per heavy atom. The van der Waals surface area contributed by atoms with E-state index in [2.05, 4.69) is 27.9 Å². The number of hydrogen-bond acceptors (Lipinski definition) is 3. The molecule has 0 radical (unpaired) electrons. The quantitative estimate of drug-likeness (QED) is 0.618. The minimum atomic E-state index is 0.867. The lowest BCUT2D eigenvalue weighted by atomic mass is 10.1. The zero-order chi connectivity index (χ0) is 11.0. The molecule has 0 aliphatic carbocycles. The van der Waals surface area contributed by atoms with Gasteiger partial charge in [0.15, 0.2) is 0 Å². The highest BCUT2D eigenvalue weighted by atomic mass is 15.1. The molecule has 2 heterocycles. The van der Waals surface area contributed by atoms with E-state index in [1.54, 1.807) is 18.9 Å². The van der Waals surface area contributed by atoms with Gasteiger partial charge in [0, 0.05) is 17.8 Å².